The molecule has 1 aromatic rings. The topological polar surface area (TPSA) is 65.1 Å². The minimum absolute atomic E-state index is 0.133. The molecule has 0 unspecified atom stereocenters. The molecule has 0 bridgehead atoms. The zero-order valence-corrected chi connectivity index (χ0v) is 11.3. The summed E-state index contributed by atoms with van der Waals surface area (Å²) in [4.78, 5) is 25.5. The molecular formula is C14H15NO5. The first-order valence-corrected chi connectivity index (χ1v) is 6.36. The number of methoxy groups -OCH3 is 2. The van der Waals surface area contributed by atoms with E-state index in [4.69, 9.17) is 14.2 Å². The molecule has 2 aliphatic heterocycles. The van der Waals surface area contributed by atoms with Crippen LogP contribution in [0.1, 0.15) is 17.2 Å². The summed E-state index contributed by atoms with van der Waals surface area (Å²) in [5.41, 5.74) is 1.68. The Kier molecular flexibility index (Phi) is 3.00. The number of carbonyl (C=O) groups excluding carboxylic acids is 2. The lowest BCUT2D eigenvalue weighted by Gasteiger charge is -2.35. The molecule has 20 heavy (non-hydrogen) atoms. The van der Waals surface area contributed by atoms with Crippen molar-refractivity contribution in [3.05, 3.63) is 29.3 Å². The highest BCUT2D eigenvalue weighted by atomic mass is 16.6. The first kappa shape index (κ1) is 12.8. The fourth-order valence-corrected chi connectivity index (χ4v) is 2.94. The van der Waals surface area contributed by atoms with E-state index in [-0.39, 0.29) is 6.04 Å². The first-order chi connectivity index (χ1) is 9.67. The van der Waals surface area contributed by atoms with Crippen LogP contribution in [0.4, 0.5) is 4.79 Å². The summed E-state index contributed by atoms with van der Waals surface area (Å²) in [5, 5.41) is 0. The number of ether oxygens (including phenoxy) is 3. The normalized spacial score (nSPS) is 23.7. The van der Waals surface area contributed by atoms with E-state index in [0.717, 1.165) is 5.56 Å². The van der Waals surface area contributed by atoms with Gasteiger partial charge in [-0.05, 0) is 18.1 Å². The quantitative estimate of drug-likeness (QED) is 0.762. The van der Waals surface area contributed by atoms with E-state index in [2.05, 4.69) is 0 Å². The van der Waals surface area contributed by atoms with Gasteiger partial charge in [0, 0.05) is 5.56 Å². The number of hydrogen-bond donors (Lipinski definition) is 0. The molecule has 1 fully saturated rings. The Bertz CT molecular complexity index is 571. The summed E-state index contributed by atoms with van der Waals surface area (Å²) in [6, 6.07) is 4.65. The molecule has 0 saturated carbocycles. The standard InChI is InChI=1S/C14H15NO5/c1-18-10-5-3-4-8-6-9-7-20-14(17)15(9)12(11(8)10)13(16)19-2/h3-5,9,12H,6-7H2,1-2H3/t9-,12-/m0/s1. The fraction of sp³-hybridized carbons (Fsp3) is 0.429. The summed E-state index contributed by atoms with van der Waals surface area (Å²) in [6.07, 6.45) is 0.160. The Morgan fingerprint density at radius 3 is 2.90 bits per heavy atom. The van der Waals surface area contributed by atoms with E-state index in [1.54, 1.807) is 13.2 Å². The average molecular weight is 277 g/mol. The Balaban J connectivity index is 2.16. The number of benzene rings is 1. The molecule has 0 N–H and O–H groups in total. The van der Waals surface area contributed by atoms with E-state index in [9.17, 15) is 9.59 Å². The molecule has 6 nitrogen and oxygen atoms in total. The van der Waals surface area contributed by atoms with Gasteiger partial charge in [-0.25, -0.2) is 9.59 Å². The largest absolute Gasteiger partial charge is 0.496 e. The van der Waals surface area contributed by atoms with Crippen molar-refractivity contribution < 1.29 is 23.8 Å². The molecule has 0 aliphatic carbocycles. The lowest BCUT2D eigenvalue weighted by atomic mass is 9.88. The van der Waals surface area contributed by atoms with Crippen LogP contribution in [-0.2, 0) is 20.7 Å². The van der Waals surface area contributed by atoms with Crippen LogP contribution in [-0.4, -0.2) is 43.8 Å². The highest BCUT2D eigenvalue weighted by molar-refractivity contribution is 5.86. The second-order valence-corrected chi connectivity index (χ2v) is 4.80. The maximum Gasteiger partial charge on any atom is 0.411 e. The van der Waals surface area contributed by atoms with Crippen LogP contribution in [0.3, 0.4) is 0 Å². The van der Waals surface area contributed by atoms with Gasteiger partial charge in [-0.2, -0.15) is 0 Å². The lowest BCUT2D eigenvalue weighted by Crippen LogP contribution is -2.46. The number of hydrogen-bond acceptors (Lipinski definition) is 5. The number of fused-ring (bicyclic) bond motifs is 2. The molecule has 6 heteroatoms. The highest BCUT2D eigenvalue weighted by Gasteiger charge is 2.48. The molecule has 0 radical (unpaired) electrons. The number of amides is 1. The molecule has 1 aromatic carbocycles. The minimum atomic E-state index is -0.806. The molecule has 2 aliphatic rings. The molecule has 0 aromatic heterocycles. The summed E-state index contributed by atoms with van der Waals surface area (Å²) < 4.78 is 15.3. The van der Waals surface area contributed by atoms with Crippen molar-refractivity contribution in [2.24, 2.45) is 0 Å². The molecule has 2 heterocycles. The van der Waals surface area contributed by atoms with Gasteiger partial charge in [0.1, 0.15) is 12.4 Å². The summed E-state index contributed by atoms with van der Waals surface area (Å²) >= 11 is 0. The van der Waals surface area contributed by atoms with Gasteiger partial charge in [0.15, 0.2) is 6.04 Å². The summed E-state index contributed by atoms with van der Waals surface area (Å²) in [7, 11) is 2.85. The number of cyclic esters (lactones) is 1. The van der Waals surface area contributed by atoms with Gasteiger partial charge in [-0.15, -0.1) is 0 Å². The van der Waals surface area contributed by atoms with Crippen LogP contribution in [0.2, 0.25) is 0 Å². The molecular weight excluding hydrogens is 262 g/mol. The van der Waals surface area contributed by atoms with Crippen molar-refractivity contribution in [3.8, 4) is 5.75 Å². The van der Waals surface area contributed by atoms with E-state index >= 15 is 0 Å². The predicted molar refractivity (Wildman–Crippen MR) is 68.4 cm³/mol. The molecule has 2 atom stereocenters. The van der Waals surface area contributed by atoms with Gasteiger partial charge in [0.25, 0.3) is 0 Å². The maximum atomic E-state index is 12.2. The van der Waals surface area contributed by atoms with Crippen molar-refractivity contribution in [1.29, 1.82) is 0 Å². The molecule has 3 rings (SSSR count). The number of rotatable bonds is 2. The number of esters is 1. The SMILES string of the molecule is COC(=O)[C@@H]1c2c(cccc2OC)C[C@H]2COC(=O)N21. The number of carbonyl (C=O) groups is 2. The van der Waals surface area contributed by atoms with E-state index in [1.165, 1.54) is 12.0 Å². The van der Waals surface area contributed by atoms with Crippen LogP contribution in [0, 0.1) is 0 Å². The first-order valence-electron chi connectivity index (χ1n) is 6.36. The third kappa shape index (κ3) is 1.71. The Hall–Kier alpha value is -2.24. The van der Waals surface area contributed by atoms with Crippen molar-refractivity contribution in [2.75, 3.05) is 20.8 Å². The van der Waals surface area contributed by atoms with Crippen molar-refractivity contribution in [1.82, 2.24) is 4.90 Å². The minimum Gasteiger partial charge on any atom is -0.496 e. The van der Waals surface area contributed by atoms with Crippen LogP contribution in [0.25, 0.3) is 0 Å². The zero-order chi connectivity index (χ0) is 14.3. The smallest absolute Gasteiger partial charge is 0.411 e. The van der Waals surface area contributed by atoms with E-state index in [1.807, 2.05) is 12.1 Å². The Morgan fingerprint density at radius 1 is 1.40 bits per heavy atom. The second kappa shape index (κ2) is 4.70. The van der Waals surface area contributed by atoms with Gasteiger partial charge in [-0.1, -0.05) is 12.1 Å². The van der Waals surface area contributed by atoms with Crippen LogP contribution in [0.15, 0.2) is 18.2 Å². The van der Waals surface area contributed by atoms with Crippen molar-refractivity contribution in [2.45, 2.75) is 18.5 Å². The van der Waals surface area contributed by atoms with Crippen molar-refractivity contribution >= 4 is 12.1 Å². The van der Waals surface area contributed by atoms with Gasteiger partial charge < -0.3 is 14.2 Å². The third-order valence-electron chi connectivity index (χ3n) is 3.81. The highest BCUT2D eigenvalue weighted by Crippen LogP contribution is 2.41. The van der Waals surface area contributed by atoms with Crippen molar-refractivity contribution in [3.63, 3.8) is 0 Å². The Morgan fingerprint density at radius 2 is 2.20 bits per heavy atom. The maximum absolute atomic E-state index is 12.2. The van der Waals surface area contributed by atoms with Crippen LogP contribution in [0.5, 0.6) is 5.75 Å². The summed E-state index contributed by atoms with van der Waals surface area (Å²) in [5.74, 6) is 0.0929. The third-order valence-corrected chi connectivity index (χ3v) is 3.81. The second-order valence-electron chi connectivity index (χ2n) is 4.80. The van der Waals surface area contributed by atoms with Crippen LogP contribution < -0.4 is 4.74 Å². The molecule has 106 valence electrons. The summed E-state index contributed by atoms with van der Waals surface area (Å²) in [6.45, 7) is 0.295. The van der Waals surface area contributed by atoms with E-state index in [0.29, 0.717) is 24.3 Å². The van der Waals surface area contributed by atoms with Crippen LogP contribution >= 0.6 is 0 Å². The monoisotopic (exact) mass is 277 g/mol. The van der Waals surface area contributed by atoms with Gasteiger partial charge >= 0.3 is 12.1 Å². The Labute approximate surface area is 116 Å². The number of nitrogens with zero attached hydrogens (tertiary/aromatic N) is 1. The van der Waals surface area contributed by atoms with E-state index < -0.39 is 18.1 Å². The fourth-order valence-electron chi connectivity index (χ4n) is 2.94. The van der Waals surface area contributed by atoms with Gasteiger partial charge in [0.05, 0.1) is 20.3 Å². The lowest BCUT2D eigenvalue weighted by molar-refractivity contribution is -0.147. The zero-order valence-electron chi connectivity index (χ0n) is 11.3. The molecule has 0 spiro atoms. The predicted octanol–water partition coefficient (Wildman–Crippen LogP) is 1.29. The van der Waals surface area contributed by atoms with Gasteiger partial charge in [-0.3, -0.25) is 4.90 Å². The average Bonchev–Trinajstić information content (AvgIpc) is 2.84. The molecule has 1 amide bonds. The molecule has 1 saturated heterocycles. The van der Waals surface area contributed by atoms with Gasteiger partial charge in [0.2, 0.25) is 0 Å².